The molecule has 0 aliphatic heterocycles. The van der Waals surface area contributed by atoms with Crippen LogP contribution in [0.4, 0.5) is 4.79 Å². The van der Waals surface area contributed by atoms with Crippen LogP contribution in [0, 0.1) is 0 Å². The lowest BCUT2D eigenvalue weighted by Gasteiger charge is -2.19. The third-order valence-corrected chi connectivity index (χ3v) is 1.06. The Kier molecular flexibility index (Phi) is 3.95. The number of rotatable bonds is 0. The van der Waals surface area contributed by atoms with E-state index in [1.807, 2.05) is 0 Å². The van der Waals surface area contributed by atoms with Gasteiger partial charge in [0.1, 0.15) is 5.60 Å². The van der Waals surface area contributed by atoms with Crippen molar-refractivity contribution in [2.75, 3.05) is 7.11 Å². The van der Waals surface area contributed by atoms with E-state index in [1.165, 1.54) is 7.11 Å². The molecule has 0 aliphatic carbocycles. The van der Waals surface area contributed by atoms with Crippen molar-refractivity contribution in [3.8, 4) is 0 Å². The summed E-state index contributed by atoms with van der Waals surface area (Å²) in [7, 11) is 1.37. The lowest BCUT2D eigenvalue weighted by atomic mass is 10.2. The molecule has 0 aromatic heterocycles. The van der Waals surface area contributed by atoms with Gasteiger partial charge in [0.15, 0.2) is 0 Å². The van der Waals surface area contributed by atoms with Gasteiger partial charge in [-0.15, -0.1) is 0 Å². The molecule has 0 bridgehead atoms. The molecule has 0 aliphatic rings. The summed E-state index contributed by atoms with van der Waals surface area (Å²) in [5.41, 5.74) is -0.520. The predicted molar refractivity (Wildman–Crippen MR) is 49.0 cm³/mol. The monoisotopic (exact) mass is 191 g/mol. The van der Waals surface area contributed by atoms with E-state index in [1.54, 1.807) is 20.8 Å². The molecule has 4 nitrogen and oxygen atoms in total. The second kappa shape index (κ2) is 4.25. The van der Waals surface area contributed by atoms with Gasteiger partial charge in [-0.3, -0.25) is 5.32 Å². The molecule has 0 unspecified atom stereocenters. The SMILES string of the molecule is COC(=S)NC(=O)OC(C)(C)C. The molecule has 5 heteroatoms. The maximum atomic E-state index is 10.9. The molecule has 0 spiro atoms. The molecule has 0 aromatic rings. The first-order chi connectivity index (χ1) is 5.35. The second-order valence-electron chi connectivity index (χ2n) is 3.12. The van der Waals surface area contributed by atoms with Crippen LogP contribution < -0.4 is 5.32 Å². The van der Waals surface area contributed by atoms with Crippen LogP contribution >= 0.6 is 12.2 Å². The lowest BCUT2D eigenvalue weighted by molar-refractivity contribution is 0.0554. The average molecular weight is 191 g/mol. The molecule has 70 valence electrons. The zero-order valence-electron chi connectivity index (χ0n) is 7.63. The summed E-state index contributed by atoms with van der Waals surface area (Å²) in [5, 5.41) is 2.24. The molecule has 0 fully saturated rings. The fourth-order valence-electron chi connectivity index (χ4n) is 0.438. The number of ether oxygens (including phenoxy) is 2. The van der Waals surface area contributed by atoms with E-state index in [-0.39, 0.29) is 5.17 Å². The van der Waals surface area contributed by atoms with Crippen LogP contribution in [-0.4, -0.2) is 24.0 Å². The van der Waals surface area contributed by atoms with E-state index >= 15 is 0 Å². The maximum Gasteiger partial charge on any atom is 0.415 e. The van der Waals surface area contributed by atoms with Crippen molar-refractivity contribution >= 4 is 23.5 Å². The van der Waals surface area contributed by atoms with Gasteiger partial charge < -0.3 is 9.47 Å². The Morgan fingerprint density at radius 1 is 1.42 bits per heavy atom. The van der Waals surface area contributed by atoms with Crippen LogP contribution in [-0.2, 0) is 9.47 Å². The van der Waals surface area contributed by atoms with Crippen molar-refractivity contribution in [3.05, 3.63) is 0 Å². The van der Waals surface area contributed by atoms with Gasteiger partial charge in [0.2, 0.25) is 0 Å². The van der Waals surface area contributed by atoms with Crippen LogP contribution in [0.5, 0.6) is 0 Å². The molecule has 0 saturated heterocycles. The highest BCUT2D eigenvalue weighted by Crippen LogP contribution is 2.06. The zero-order chi connectivity index (χ0) is 9.78. The third kappa shape index (κ3) is 5.91. The number of hydrogen-bond donors (Lipinski definition) is 1. The largest absolute Gasteiger partial charge is 0.474 e. The predicted octanol–water partition coefficient (Wildman–Crippen LogP) is 1.44. The Balaban J connectivity index is 3.83. The molecule has 0 atom stereocenters. The van der Waals surface area contributed by atoms with Crippen LogP contribution in [0.1, 0.15) is 20.8 Å². The summed E-state index contributed by atoms with van der Waals surface area (Å²) >= 11 is 4.59. The second-order valence-corrected chi connectivity index (χ2v) is 3.49. The van der Waals surface area contributed by atoms with E-state index in [9.17, 15) is 4.79 Å². The van der Waals surface area contributed by atoms with E-state index < -0.39 is 11.7 Å². The Hall–Kier alpha value is -0.840. The topological polar surface area (TPSA) is 47.6 Å². The highest BCUT2D eigenvalue weighted by atomic mass is 32.1. The molecule has 0 heterocycles. The normalized spacial score (nSPS) is 10.3. The van der Waals surface area contributed by atoms with Crippen LogP contribution in [0.15, 0.2) is 0 Å². The summed E-state index contributed by atoms with van der Waals surface area (Å²) < 4.78 is 9.45. The van der Waals surface area contributed by atoms with Crippen molar-refractivity contribution in [2.45, 2.75) is 26.4 Å². The minimum absolute atomic E-state index is 0.00394. The highest BCUT2D eigenvalue weighted by Gasteiger charge is 2.16. The number of carbonyl (C=O) groups is 1. The molecule has 1 N–H and O–H groups in total. The fourth-order valence-corrected chi connectivity index (χ4v) is 0.521. The third-order valence-electron chi connectivity index (χ3n) is 0.788. The first-order valence-corrected chi connectivity index (χ1v) is 3.84. The van der Waals surface area contributed by atoms with Gasteiger partial charge in [0, 0.05) is 0 Å². The van der Waals surface area contributed by atoms with Crippen molar-refractivity contribution in [1.29, 1.82) is 0 Å². The van der Waals surface area contributed by atoms with Gasteiger partial charge >= 0.3 is 6.09 Å². The van der Waals surface area contributed by atoms with E-state index in [2.05, 4.69) is 22.3 Å². The number of hydrogen-bond acceptors (Lipinski definition) is 4. The van der Waals surface area contributed by atoms with Crippen molar-refractivity contribution in [3.63, 3.8) is 0 Å². The molecular weight excluding hydrogens is 178 g/mol. The molecule has 1 amide bonds. The number of nitrogens with one attached hydrogen (secondary N) is 1. The Labute approximate surface area is 77.2 Å². The van der Waals surface area contributed by atoms with Crippen LogP contribution in [0.2, 0.25) is 0 Å². The summed E-state index contributed by atoms with van der Waals surface area (Å²) in [4.78, 5) is 10.9. The van der Waals surface area contributed by atoms with E-state index in [0.717, 1.165) is 0 Å². The molecule has 0 saturated carbocycles. The number of methoxy groups -OCH3 is 1. The Bertz CT molecular complexity index is 186. The van der Waals surface area contributed by atoms with Gasteiger partial charge in [-0.05, 0) is 33.0 Å². The number of carbonyl (C=O) groups excluding carboxylic acids is 1. The minimum Gasteiger partial charge on any atom is -0.474 e. The average Bonchev–Trinajstić information content (AvgIpc) is 1.82. The van der Waals surface area contributed by atoms with Crippen molar-refractivity contribution in [1.82, 2.24) is 5.32 Å². The van der Waals surface area contributed by atoms with Gasteiger partial charge in [0.25, 0.3) is 5.17 Å². The number of thiocarbonyl (C=S) groups is 1. The smallest absolute Gasteiger partial charge is 0.415 e. The summed E-state index contributed by atoms with van der Waals surface area (Å²) in [5.74, 6) is 0. The fraction of sp³-hybridized carbons (Fsp3) is 0.714. The minimum atomic E-state index is -0.602. The summed E-state index contributed by atoms with van der Waals surface area (Å²) in [6.07, 6.45) is -0.602. The van der Waals surface area contributed by atoms with E-state index in [0.29, 0.717) is 0 Å². The molecule has 0 rings (SSSR count). The zero-order valence-corrected chi connectivity index (χ0v) is 8.45. The van der Waals surface area contributed by atoms with Gasteiger partial charge in [-0.1, -0.05) is 0 Å². The molecule has 0 radical (unpaired) electrons. The number of amides is 1. The van der Waals surface area contributed by atoms with Gasteiger partial charge in [0.05, 0.1) is 7.11 Å². The quantitative estimate of drug-likeness (QED) is 0.589. The number of alkyl carbamates (subject to hydrolysis) is 1. The standard InChI is InChI=1S/C7H13NO3S/c1-7(2,3)11-5(9)8-6(12)10-4/h1-4H3,(H,8,9,12). The Morgan fingerprint density at radius 3 is 2.25 bits per heavy atom. The molecule has 0 aromatic carbocycles. The maximum absolute atomic E-state index is 10.9. The van der Waals surface area contributed by atoms with Crippen LogP contribution in [0.3, 0.4) is 0 Å². The first-order valence-electron chi connectivity index (χ1n) is 3.43. The summed E-state index contributed by atoms with van der Waals surface area (Å²) in [6, 6.07) is 0. The molecule has 12 heavy (non-hydrogen) atoms. The van der Waals surface area contributed by atoms with Gasteiger partial charge in [-0.25, -0.2) is 4.79 Å². The van der Waals surface area contributed by atoms with Crippen LogP contribution in [0.25, 0.3) is 0 Å². The van der Waals surface area contributed by atoms with Gasteiger partial charge in [-0.2, -0.15) is 0 Å². The lowest BCUT2D eigenvalue weighted by Crippen LogP contribution is -2.36. The highest BCUT2D eigenvalue weighted by molar-refractivity contribution is 7.80. The van der Waals surface area contributed by atoms with Crippen molar-refractivity contribution in [2.24, 2.45) is 0 Å². The first kappa shape index (κ1) is 11.2. The Morgan fingerprint density at radius 2 is 1.92 bits per heavy atom. The van der Waals surface area contributed by atoms with E-state index in [4.69, 9.17) is 4.74 Å². The summed E-state index contributed by atoms with van der Waals surface area (Å²) in [6.45, 7) is 5.30. The van der Waals surface area contributed by atoms with Crippen molar-refractivity contribution < 1.29 is 14.3 Å². The molecular formula is C7H13NO3S.